The monoisotopic (exact) mass is 466 g/mol. The van der Waals surface area contributed by atoms with Gasteiger partial charge in [-0.3, -0.25) is 14.4 Å². The van der Waals surface area contributed by atoms with Crippen LogP contribution in [-0.2, 0) is 16.0 Å². The van der Waals surface area contributed by atoms with Crippen molar-refractivity contribution in [2.24, 2.45) is 5.92 Å². The fraction of sp³-hybridized carbons (Fsp3) is 0.400. The summed E-state index contributed by atoms with van der Waals surface area (Å²) < 4.78 is 0. The van der Waals surface area contributed by atoms with Gasteiger partial charge in [-0.1, -0.05) is 31.2 Å². The van der Waals surface area contributed by atoms with Crippen LogP contribution in [0.2, 0.25) is 0 Å². The molecule has 3 N–H and O–H groups in total. The summed E-state index contributed by atoms with van der Waals surface area (Å²) in [4.78, 5) is 43.9. The molecular formula is C25H30N4O3S. The number of thiophene rings is 1. The van der Waals surface area contributed by atoms with Crippen LogP contribution in [0, 0.1) is 5.92 Å². The van der Waals surface area contributed by atoms with Gasteiger partial charge in [0.25, 0.3) is 5.91 Å². The number of amides is 3. The number of benzene rings is 1. The number of rotatable bonds is 8. The maximum Gasteiger partial charge on any atom is 0.262 e. The number of carbonyl (C=O) groups excluding carboxylic acids is 3. The number of hydrogen-bond donors (Lipinski definition) is 3. The molecule has 1 saturated heterocycles. The summed E-state index contributed by atoms with van der Waals surface area (Å²) >= 11 is 1.33. The Morgan fingerprint density at radius 3 is 2.85 bits per heavy atom. The molecule has 1 aliphatic rings. The molecule has 0 spiro atoms. The number of aromatic amines is 1. The fourth-order valence-electron chi connectivity index (χ4n) is 4.36. The third kappa shape index (κ3) is 5.82. The minimum Gasteiger partial charge on any atom is -0.361 e. The molecule has 2 unspecified atom stereocenters. The Morgan fingerprint density at radius 1 is 1.21 bits per heavy atom. The van der Waals surface area contributed by atoms with E-state index in [1.165, 1.54) is 11.3 Å². The van der Waals surface area contributed by atoms with E-state index in [0.29, 0.717) is 17.2 Å². The Bertz CT molecular complexity index is 1110. The van der Waals surface area contributed by atoms with Gasteiger partial charge in [-0.25, -0.2) is 0 Å². The van der Waals surface area contributed by atoms with Crippen LogP contribution in [0.3, 0.4) is 0 Å². The van der Waals surface area contributed by atoms with Gasteiger partial charge in [-0.05, 0) is 41.8 Å². The highest BCUT2D eigenvalue weighted by atomic mass is 32.1. The van der Waals surface area contributed by atoms with Gasteiger partial charge in [-0.2, -0.15) is 0 Å². The second kappa shape index (κ2) is 10.7. The molecular weight excluding hydrogens is 436 g/mol. The molecule has 1 aliphatic heterocycles. The molecule has 33 heavy (non-hydrogen) atoms. The van der Waals surface area contributed by atoms with Crippen LogP contribution < -0.4 is 10.6 Å². The number of hydrogen-bond acceptors (Lipinski definition) is 4. The molecule has 3 aromatic rings. The Balaban J connectivity index is 1.40. The summed E-state index contributed by atoms with van der Waals surface area (Å²) in [5.41, 5.74) is 1.94. The summed E-state index contributed by atoms with van der Waals surface area (Å²) in [6.07, 6.45) is 4.67. The largest absolute Gasteiger partial charge is 0.361 e. The van der Waals surface area contributed by atoms with Crippen molar-refractivity contribution in [1.29, 1.82) is 0 Å². The first kappa shape index (κ1) is 23.0. The average molecular weight is 467 g/mol. The normalized spacial score (nSPS) is 17.0. The molecule has 0 radical (unpaired) electrons. The topological polar surface area (TPSA) is 94.3 Å². The Labute approximate surface area is 197 Å². The second-order valence-electron chi connectivity index (χ2n) is 8.70. The van der Waals surface area contributed by atoms with Crippen molar-refractivity contribution in [3.63, 3.8) is 0 Å². The van der Waals surface area contributed by atoms with Crippen molar-refractivity contribution < 1.29 is 14.4 Å². The summed E-state index contributed by atoms with van der Waals surface area (Å²) in [6, 6.07) is 10.7. The highest BCUT2D eigenvalue weighted by Crippen LogP contribution is 2.20. The molecule has 0 bridgehead atoms. The number of likely N-dealkylation sites (tertiary alicyclic amines) is 1. The number of H-pyrrole nitrogens is 1. The Hall–Kier alpha value is -3.13. The first-order chi connectivity index (χ1) is 16.0. The lowest BCUT2D eigenvalue weighted by Crippen LogP contribution is -2.48. The van der Waals surface area contributed by atoms with E-state index in [-0.39, 0.29) is 30.7 Å². The number of aromatic nitrogens is 1. The number of nitrogens with zero attached hydrogens (tertiary/aromatic N) is 1. The Morgan fingerprint density at radius 2 is 2.06 bits per heavy atom. The molecule has 2 atom stereocenters. The van der Waals surface area contributed by atoms with Crippen LogP contribution in [-0.4, -0.2) is 53.3 Å². The van der Waals surface area contributed by atoms with Gasteiger partial charge in [0.15, 0.2) is 0 Å². The number of carbonyl (C=O) groups is 3. The number of fused-ring (bicyclic) bond motifs is 1. The van der Waals surface area contributed by atoms with Crippen molar-refractivity contribution >= 4 is 40.0 Å². The second-order valence-corrected chi connectivity index (χ2v) is 9.64. The van der Waals surface area contributed by atoms with Crippen LogP contribution in [0.15, 0.2) is 48.0 Å². The van der Waals surface area contributed by atoms with Gasteiger partial charge in [0.2, 0.25) is 11.8 Å². The molecule has 3 amide bonds. The summed E-state index contributed by atoms with van der Waals surface area (Å²) in [7, 11) is 0. The maximum absolute atomic E-state index is 13.1. The molecule has 0 aliphatic carbocycles. The van der Waals surface area contributed by atoms with Gasteiger partial charge in [0.05, 0.1) is 4.88 Å². The highest BCUT2D eigenvalue weighted by molar-refractivity contribution is 7.12. The van der Waals surface area contributed by atoms with E-state index in [1.54, 1.807) is 12.1 Å². The van der Waals surface area contributed by atoms with Crippen LogP contribution >= 0.6 is 11.3 Å². The first-order valence-corrected chi connectivity index (χ1v) is 12.3. The van der Waals surface area contributed by atoms with E-state index in [1.807, 2.05) is 40.7 Å². The van der Waals surface area contributed by atoms with Crippen LogP contribution in [0.1, 0.15) is 41.4 Å². The van der Waals surface area contributed by atoms with Gasteiger partial charge >= 0.3 is 0 Å². The summed E-state index contributed by atoms with van der Waals surface area (Å²) in [5, 5.41) is 8.60. The van der Waals surface area contributed by atoms with E-state index in [9.17, 15) is 14.4 Å². The standard InChI is InChI=1S/C25H30N4O3S/c1-17-6-4-12-29(16-17)23(30)10-11-26-24(31)21(28-25(32)22-9-5-13-33-22)14-18-15-27-20-8-3-2-7-19(18)20/h2-3,5,7-9,13,15,17,21,27H,4,6,10-12,14,16H2,1H3,(H,26,31)(H,28,32). The fourth-order valence-corrected chi connectivity index (χ4v) is 4.98. The molecule has 3 heterocycles. The van der Waals surface area contributed by atoms with E-state index in [0.717, 1.165) is 42.4 Å². The lowest BCUT2D eigenvalue weighted by molar-refractivity contribution is -0.132. The summed E-state index contributed by atoms with van der Waals surface area (Å²) in [6.45, 7) is 3.98. The lowest BCUT2D eigenvalue weighted by Gasteiger charge is -2.31. The van der Waals surface area contributed by atoms with E-state index < -0.39 is 6.04 Å². The third-order valence-corrected chi connectivity index (χ3v) is 6.98. The third-order valence-electron chi connectivity index (χ3n) is 6.11. The minimum atomic E-state index is -0.746. The van der Waals surface area contributed by atoms with Crippen LogP contribution in [0.4, 0.5) is 0 Å². The highest BCUT2D eigenvalue weighted by Gasteiger charge is 2.25. The maximum atomic E-state index is 13.1. The molecule has 4 rings (SSSR count). The van der Waals surface area contributed by atoms with Gasteiger partial charge < -0.3 is 20.5 Å². The predicted octanol–water partition coefficient (Wildman–Crippen LogP) is 3.34. The molecule has 0 saturated carbocycles. The van der Waals surface area contributed by atoms with Crippen molar-refractivity contribution in [2.75, 3.05) is 19.6 Å². The summed E-state index contributed by atoms with van der Waals surface area (Å²) in [5.74, 6) is 0.0244. The van der Waals surface area contributed by atoms with Gasteiger partial charge in [-0.15, -0.1) is 11.3 Å². The number of para-hydroxylation sites is 1. The number of nitrogens with one attached hydrogen (secondary N) is 3. The van der Waals surface area contributed by atoms with Gasteiger partial charge in [0.1, 0.15) is 6.04 Å². The zero-order chi connectivity index (χ0) is 23.2. The van der Waals surface area contributed by atoms with Gasteiger partial charge in [0, 0.05) is 49.6 Å². The minimum absolute atomic E-state index is 0.0673. The molecule has 1 aromatic carbocycles. The quantitative estimate of drug-likeness (QED) is 0.475. The molecule has 7 nitrogen and oxygen atoms in total. The predicted molar refractivity (Wildman–Crippen MR) is 130 cm³/mol. The molecule has 1 fully saturated rings. The van der Waals surface area contributed by atoms with E-state index >= 15 is 0 Å². The smallest absolute Gasteiger partial charge is 0.262 e. The van der Waals surface area contributed by atoms with Crippen LogP contribution in [0.5, 0.6) is 0 Å². The lowest BCUT2D eigenvalue weighted by atomic mass is 10.00. The molecule has 8 heteroatoms. The van der Waals surface area contributed by atoms with Crippen molar-refractivity contribution in [3.8, 4) is 0 Å². The van der Waals surface area contributed by atoms with E-state index in [4.69, 9.17) is 0 Å². The molecule has 174 valence electrons. The van der Waals surface area contributed by atoms with Crippen molar-refractivity contribution in [1.82, 2.24) is 20.5 Å². The van der Waals surface area contributed by atoms with Crippen molar-refractivity contribution in [2.45, 2.75) is 38.6 Å². The molecule has 2 aromatic heterocycles. The van der Waals surface area contributed by atoms with Crippen molar-refractivity contribution in [3.05, 3.63) is 58.4 Å². The zero-order valence-electron chi connectivity index (χ0n) is 18.8. The average Bonchev–Trinajstić information content (AvgIpc) is 3.49. The SMILES string of the molecule is CC1CCCN(C(=O)CCNC(=O)C(Cc2c[nH]c3ccccc23)NC(=O)c2cccs2)C1. The zero-order valence-corrected chi connectivity index (χ0v) is 19.6. The first-order valence-electron chi connectivity index (χ1n) is 11.5. The Kier molecular flexibility index (Phi) is 7.44. The number of piperidine rings is 1. The van der Waals surface area contributed by atoms with Crippen LogP contribution in [0.25, 0.3) is 10.9 Å². The van der Waals surface area contributed by atoms with E-state index in [2.05, 4.69) is 22.5 Å².